The summed E-state index contributed by atoms with van der Waals surface area (Å²) < 4.78 is 25.1. The van der Waals surface area contributed by atoms with Crippen molar-refractivity contribution in [1.29, 1.82) is 0 Å². The van der Waals surface area contributed by atoms with Crippen LogP contribution >= 0.6 is 0 Å². The summed E-state index contributed by atoms with van der Waals surface area (Å²) >= 11 is 0. The van der Waals surface area contributed by atoms with Crippen molar-refractivity contribution in [2.24, 2.45) is 11.0 Å². The summed E-state index contributed by atoms with van der Waals surface area (Å²) in [5, 5.41) is 24.2. The number of nitrogens with zero attached hydrogens (tertiary/aromatic N) is 5. The number of nitrogens with one attached hydrogen (secondary N) is 7. The quantitative estimate of drug-likeness (QED) is 0.00770. The van der Waals surface area contributed by atoms with E-state index in [-0.39, 0.29) is 70.2 Å². The fourth-order valence-electron chi connectivity index (χ4n) is 10.2. The van der Waals surface area contributed by atoms with Gasteiger partial charge in [0.2, 0.25) is 29.5 Å². The number of alkyl carbamates (subject to hydrolysis) is 2. The smallest absolute Gasteiger partial charge is 0.419 e. The van der Waals surface area contributed by atoms with E-state index in [1.54, 1.807) is 188 Å². The number of carbonyl (C=O) groups excluding carboxylic acids is 10. The number of unbranched alkanes of at least 4 members (excludes halogenated alkanes) is 2. The van der Waals surface area contributed by atoms with E-state index in [0.717, 1.165) is 0 Å². The highest BCUT2D eigenvalue weighted by Gasteiger charge is 2.37. The first-order valence-electron chi connectivity index (χ1n) is 32.1. The molecular formula is C69H96N12O14. The van der Waals surface area contributed by atoms with Crippen LogP contribution in [0, 0.1) is 5.92 Å². The molecule has 0 spiro atoms. The minimum absolute atomic E-state index is 0.0279. The molecular weight excluding hydrogens is 1220 g/mol. The Balaban J connectivity index is 1.58. The molecule has 0 fully saturated rings. The van der Waals surface area contributed by atoms with Crippen LogP contribution in [-0.4, -0.2) is 141 Å². The van der Waals surface area contributed by atoms with Gasteiger partial charge in [0.1, 0.15) is 52.6 Å². The molecule has 0 aliphatic heterocycles. The lowest BCUT2D eigenvalue weighted by molar-refractivity contribution is -0.135. The van der Waals surface area contributed by atoms with E-state index in [2.05, 4.69) is 47.2 Å². The Morgan fingerprint density at radius 3 is 1.34 bits per heavy atom. The maximum atomic E-state index is 15.5. The third-order valence-electron chi connectivity index (χ3n) is 14.4. The predicted octanol–water partition coefficient (Wildman–Crippen LogP) is 9.93. The average Bonchev–Trinajstić information content (AvgIpc) is 1.65. The van der Waals surface area contributed by atoms with Crippen molar-refractivity contribution in [3.8, 4) is 0 Å². The maximum Gasteiger partial charge on any atom is 0.419 e. The molecule has 7 amide bonds. The number of rotatable bonds is 29. The molecule has 6 unspecified atom stereocenters. The summed E-state index contributed by atoms with van der Waals surface area (Å²) in [4.78, 5) is 145. The highest BCUT2D eigenvalue weighted by molar-refractivity contribution is 5.98. The molecule has 26 heteroatoms. The molecule has 6 atom stereocenters. The van der Waals surface area contributed by atoms with Crippen molar-refractivity contribution in [3.63, 3.8) is 0 Å². The van der Waals surface area contributed by atoms with Crippen LogP contribution in [-0.2, 0) is 67.0 Å². The third-order valence-corrected chi connectivity index (χ3v) is 14.4. The maximum absolute atomic E-state index is 15.5. The molecule has 0 aliphatic carbocycles. The monoisotopic (exact) mass is 1320 g/mol. The third kappa shape index (κ3) is 25.1. The molecule has 0 aliphatic rings. The lowest BCUT2D eigenvalue weighted by atomic mass is 10.0. The fraction of sp³-hybridized carbons (Fsp3) is 0.536. The largest absolute Gasteiger partial charge is 0.444 e. The Hall–Kier alpha value is -9.45. The first kappa shape index (κ1) is 76.3. The number of fused-ring (bicyclic) bond motifs is 2. The first-order chi connectivity index (χ1) is 44.4. The van der Waals surface area contributed by atoms with Crippen molar-refractivity contribution in [2.75, 3.05) is 13.1 Å². The number of benzene rings is 3. The second-order valence-electron chi connectivity index (χ2n) is 27.8. The summed E-state index contributed by atoms with van der Waals surface area (Å²) in [6.45, 7) is 25.1. The molecule has 26 nitrogen and oxygen atoms in total. The highest BCUT2D eigenvalue weighted by Crippen LogP contribution is 2.26. The van der Waals surface area contributed by atoms with Crippen LogP contribution in [0.5, 0.6) is 0 Å². The van der Waals surface area contributed by atoms with Gasteiger partial charge in [-0.3, -0.25) is 28.8 Å². The van der Waals surface area contributed by atoms with E-state index in [0.29, 0.717) is 33.1 Å². The van der Waals surface area contributed by atoms with Crippen molar-refractivity contribution in [1.82, 2.24) is 46.4 Å². The number of para-hydroxylation sites is 2. The number of hydrogen-bond donors (Lipinski definition) is 7. The number of ether oxygens (including phenoxy) is 4. The van der Waals surface area contributed by atoms with Crippen LogP contribution < -0.4 is 37.2 Å². The summed E-state index contributed by atoms with van der Waals surface area (Å²) in [5.74, 6) is -5.26. The zero-order valence-corrected chi connectivity index (χ0v) is 57.4. The van der Waals surface area contributed by atoms with Gasteiger partial charge in [0.05, 0.1) is 17.1 Å². The zero-order valence-electron chi connectivity index (χ0n) is 57.4. The number of ketones is 1. The van der Waals surface area contributed by atoms with Gasteiger partial charge in [-0.2, -0.15) is 0 Å². The van der Waals surface area contributed by atoms with E-state index in [1.165, 1.54) is 16.1 Å². The van der Waals surface area contributed by atoms with Crippen molar-refractivity contribution in [3.05, 3.63) is 118 Å². The number of amides is 7. The minimum Gasteiger partial charge on any atom is -0.444 e. The molecule has 0 saturated heterocycles. The Bertz CT molecular complexity index is 3560. The van der Waals surface area contributed by atoms with E-state index in [9.17, 15) is 33.6 Å². The van der Waals surface area contributed by atoms with Gasteiger partial charge in [0, 0.05) is 59.4 Å². The number of carbonyl (C=O) groups is 10. The van der Waals surface area contributed by atoms with Gasteiger partial charge in [-0.15, -0.1) is 0 Å². The van der Waals surface area contributed by atoms with Crippen LogP contribution in [0.3, 0.4) is 0 Å². The SMILES string of the molecule is CC(=O)C(Cc1cc2ccccc2n1C(=O)OC(C)(C)C)NC(=O)C(Cc1ccccc1)NC(=O)C(CCCCN=[N+]=[N-])NC(=O)C(Cc1cc2ccccc2n1C(=O)OC(C)(C)C)NC(=O)C(CCCCNC(=O)OC(C)(C)C)NC(=O)C(NC(=O)OC(C)(C)C)C(C)C. The molecule has 516 valence electrons. The normalized spacial score (nSPS) is 13.7. The molecule has 0 saturated carbocycles. The standard InChI is InChI=1S/C69H96N12O14/c1-42(2)56(78-63(89)93-67(7,8)9)61(87)74-50(31-23-25-35-71-62(88)92-66(4,5)6)58(84)77-53(41-48-39-46-30-20-22-34-55(46)81(48)65(91)95-69(13,14)15)60(86)73-49(32-24-26-36-72-79-70)57(83)76-52(37-44-27-17-16-18-28-44)59(85)75-51(43(3)82)40-47-38-45-29-19-21-33-54(45)80(47)64(90)94-68(10,11)12/h16-22,27-30,33-34,38-39,42,49-53,56H,23-26,31-32,35-37,40-41H2,1-15H3,(H,71,88)(H,73,86)(H,74,87)(H,75,85)(H,76,83)(H,77,84)(H,78,89). The second-order valence-corrected chi connectivity index (χ2v) is 27.8. The molecule has 2 heterocycles. The van der Waals surface area contributed by atoms with Gasteiger partial charge >= 0.3 is 24.4 Å². The average molecular weight is 1320 g/mol. The summed E-state index contributed by atoms with van der Waals surface area (Å²) in [6.07, 6.45) is -3.02. The van der Waals surface area contributed by atoms with E-state index in [1.807, 2.05) is 0 Å². The number of azide groups is 1. The Morgan fingerprint density at radius 1 is 0.474 bits per heavy atom. The number of hydrogen-bond acceptors (Lipinski definition) is 15. The molecule has 95 heavy (non-hydrogen) atoms. The second kappa shape index (κ2) is 34.1. The molecule has 0 bridgehead atoms. The van der Waals surface area contributed by atoms with Crippen LogP contribution in [0.2, 0.25) is 0 Å². The summed E-state index contributed by atoms with van der Waals surface area (Å²) in [5.41, 5.74) is 7.61. The van der Waals surface area contributed by atoms with Gasteiger partial charge in [0.25, 0.3) is 0 Å². The van der Waals surface area contributed by atoms with Crippen molar-refractivity contribution >= 4 is 81.5 Å². The molecule has 5 rings (SSSR count). The minimum atomic E-state index is -1.66. The predicted molar refractivity (Wildman–Crippen MR) is 359 cm³/mol. The van der Waals surface area contributed by atoms with E-state index >= 15 is 14.4 Å². The van der Waals surface area contributed by atoms with Gasteiger partial charge in [-0.25, -0.2) is 28.3 Å². The topological polar surface area (TPSA) is 350 Å². The highest BCUT2D eigenvalue weighted by atomic mass is 16.6. The van der Waals surface area contributed by atoms with Crippen LogP contribution in [0.1, 0.15) is 159 Å². The fourth-order valence-corrected chi connectivity index (χ4v) is 10.2. The number of aromatic nitrogens is 2. The molecule has 2 aromatic heterocycles. The molecule has 0 radical (unpaired) electrons. The van der Waals surface area contributed by atoms with Crippen LogP contribution in [0.25, 0.3) is 32.2 Å². The van der Waals surface area contributed by atoms with Gasteiger partial charge < -0.3 is 56.2 Å². The van der Waals surface area contributed by atoms with Crippen molar-refractivity contribution in [2.45, 2.75) is 220 Å². The zero-order chi connectivity index (χ0) is 70.6. The Labute approximate surface area is 555 Å². The van der Waals surface area contributed by atoms with Gasteiger partial charge in [0.15, 0.2) is 5.78 Å². The summed E-state index contributed by atoms with van der Waals surface area (Å²) in [6, 6.07) is 17.6. The van der Waals surface area contributed by atoms with Gasteiger partial charge in [-0.05, 0) is 163 Å². The lowest BCUT2D eigenvalue weighted by Gasteiger charge is -2.29. The van der Waals surface area contributed by atoms with Crippen molar-refractivity contribution < 1.29 is 66.9 Å². The van der Waals surface area contributed by atoms with E-state index < -0.39 is 131 Å². The molecule has 7 N–H and O–H groups in total. The molecule has 3 aromatic carbocycles. The Morgan fingerprint density at radius 2 is 0.874 bits per heavy atom. The lowest BCUT2D eigenvalue weighted by Crippen LogP contribution is -2.60. The van der Waals surface area contributed by atoms with Crippen LogP contribution in [0.15, 0.2) is 96.1 Å². The van der Waals surface area contributed by atoms with Gasteiger partial charge in [-0.1, -0.05) is 92.1 Å². The molecule has 5 aromatic rings. The van der Waals surface area contributed by atoms with E-state index in [4.69, 9.17) is 24.5 Å². The number of Topliss-reactive ketones (excluding diaryl/α,β-unsaturated/α-hetero) is 1. The Kier molecular flexibility index (Phi) is 27.4. The first-order valence-corrected chi connectivity index (χ1v) is 32.1. The summed E-state index contributed by atoms with van der Waals surface area (Å²) in [7, 11) is 0. The van der Waals surface area contributed by atoms with Crippen LogP contribution in [0.4, 0.5) is 19.2 Å².